The van der Waals surface area contributed by atoms with Crippen LogP contribution in [0.25, 0.3) is 0 Å². The van der Waals surface area contributed by atoms with Gasteiger partial charge < -0.3 is 5.73 Å². The molecule has 0 aliphatic heterocycles. The van der Waals surface area contributed by atoms with Crippen molar-refractivity contribution in [3.8, 4) is 0 Å². The van der Waals surface area contributed by atoms with Crippen LogP contribution in [0.1, 0.15) is 25.7 Å². The zero-order valence-corrected chi connectivity index (χ0v) is 5.80. The highest BCUT2D eigenvalue weighted by molar-refractivity contribution is 5.51. The van der Waals surface area contributed by atoms with Gasteiger partial charge in [0.1, 0.15) is 0 Å². The van der Waals surface area contributed by atoms with Crippen molar-refractivity contribution in [2.75, 3.05) is 0 Å². The fourth-order valence-electron chi connectivity index (χ4n) is 0.646. The van der Waals surface area contributed by atoms with E-state index in [0.29, 0.717) is 19.3 Å². The molecule has 0 saturated carbocycles. The lowest BCUT2D eigenvalue weighted by atomic mass is 10.1. The van der Waals surface area contributed by atoms with E-state index in [0.717, 1.165) is 0 Å². The second-order valence-electron chi connectivity index (χ2n) is 2.15. The summed E-state index contributed by atoms with van der Waals surface area (Å²) in [6.45, 7) is 0. The summed E-state index contributed by atoms with van der Waals surface area (Å²) >= 11 is 0. The third-order valence-corrected chi connectivity index (χ3v) is 1.20. The third kappa shape index (κ3) is 5.44. The van der Waals surface area contributed by atoms with Crippen LogP contribution in [0.3, 0.4) is 0 Å². The van der Waals surface area contributed by atoms with E-state index in [9.17, 15) is 9.59 Å². The lowest BCUT2D eigenvalue weighted by Gasteiger charge is -2.03. The number of unbranched alkanes of at least 4 members (excludes halogenated alkanes) is 1. The Hall–Kier alpha value is -0.700. The number of hydrogen-bond donors (Lipinski definition) is 1. The van der Waals surface area contributed by atoms with Crippen molar-refractivity contribution in [3.63, 3.8) is 0 Å². The average molecular weight is 141 g/mol. The first-order chi connectivity index (χ1) is 4.81. The van der Waals surface area contributed by atoms with Gasteiger partial charge in [-0.3, -0.25) is 9.59 Å². The van der Waals surface area contributed by atoms with Crippen LogP contribution in [0.15, 0.2) is 0 Å². The van der Waals surface area contributed by atoms with Crippen LogP contribution in [0.5, 0.6) is 0 Å². The van der Waals surface area contributed by atoms with E-state index >= 15 is 0 Å². The maximum atomic E-state index is 9.77. The van der Waals surface area contributed by atoms with E-state index < -0.39 is 0 Å². The van der Waals surface area contributed by atoms with Gasteiger partial charge in [-0.15, -0.1) is 0 Å². The molecule has 0 heterocycles. The Labute approximate surface area is 60.6 Å². The number of rotatable bonds is 6. The van der Waals surface area contributed by atoms with Crippen LogP contribution >= 0.6 is 0 Å². The Bertz CT molecular complexity index is 104. The van der Waals surface area contributed by atoms with Crippen molar-refractivity contribution >= 4 is 12.6 Å². The van der Waals surface area contributed by atoms with E-state index in [2.05, 4.69) is 0 Å². The predicted octanol–water partition coefficient (Wildman–Crippen LogP) is 0.0935. The second-order valence-corrected chi connectivity index (χ2v) is 2.15. The molecule has 10 heavy (non-hydrogen) atoms. The number of nitrogens with two attached hydrogens (primary N) is 1. The first-order valence-electron chi connectivity index (χ1n) is 3.27. The lowest BCUT2D eigenvalue weighted by Crippen LogP contribution is -2.19. The number of hydrogen-bond acceptors (Lipinski definition) is 3. The van der Waals surface area contributed by atoms with Crippen LogP contribution in [0, 0.1) is 0 Å². The number of carbonyl (C=O) groups excluding carboxylic acids is 2. The molecule has 0 aromatic rings. The minimum Gasteiger partial charge on any atom is -0.327 e. The molecule has 0 rings (SSSR count). The maximum Gasteiger partial charge on any atom is 0.199 e. The van der Waals surface area contributed by atoms with E-state index in [1.54, 1.807) is 12.6 Å². The van der Waals surface area contributed by atoms with Gasteiger partial charge in [0.25, 0.3) is 0 Å². The monoisotopic (exact) mass is 141 g/mol. The van der Waals surface area contributed by atoms with Gasteiger partial charge in [-0.05, 0) is 12.8 Å². The fraction of sp³-hybridized carbons (Fsp3) is 0.714. The van der Waals surface area contributed by atoms with Crippen LogP contribution in [-0.4, -0.2) is 18.6 Å². The van der Waals surface area contributed by atoms with Gasteiger partial charge in [-0.25, -0.2) is 0 Å². The molecule has 0 aromatic carbocycles. The lowest BCUT2D eigenvalue weighted by molar-refractivity contribution is 0.523. The highest BCUT2D eigenvalue weighted by atomic mass is 16.1. The Balaban J connectivity index is 3.11. The van der Waals surface area contributed by atoms with Crippen molar-refractivity contribution in [1.82, 2.24) is 0 Å². The Morgan fingerprint density at radius 3 is 2.50 bits per heavy atom. The minimum absolute atomic E-state index is 0.133. The van der Waals surface area contributed by atoms with Crippen LogP contribution in [0.2, 0.25) is 0 Å². The van der Waals surface area contributed by atoms with E-state index in [1.165, 1.54) is 0 Å². The molecule has 3 heteroatoms. The predicted molar refractivity (Wildman–Crippen MR) is 37.8 cm³/mol. The molecule has 0 spiro atoms. The Morgan fingerprint density at radius 2 is 2.00 bits per heavy atom. The quantitative estimate of drug-likeness (QED) is 0.533. The van der Waals surface area contributed by atoms with E-state index in [1.807, 2.05) is 0 Å². The molecule has 0 bridgehead atoms. The fourth-order valence-corrected chi connectivity index (χ4v) is 0.646. The molecule has 2 N–H and O–H groups in total. The SMILES string of the molecule is NC(C[C]=O)CCC[C]=O. The molecule has 0 fully saturated rings. The summed E-state index contributed by atoms with van der Waals surface area (Å²) in [4.78, 5) is 19.5. The third-order valence-electron chi connectivity index (χ3n) is 1.20. The molecule has 3 nitrogen and oxygen atoms in total. The first-order valence-corrected chi connectivity index (χ1v) is 3.27. The van der Waals surface area contributed by atoms with Crippen molar-refractivity contribution in [2.24, 2.45) is 5.73 Å². The van der Waals surface area contributed by atoms with Gasteiger partial charge in [0.15, 0.2) is 12.6 Å². The van der Waals surface area contributed by atoms with Crippen LogP contribution in [-0.2, 0) is 9.59 Å². The van der Waals surface area contributed by atoms with Crippen LogP contribution in [0.4, 0.5) is 0 Å². The Kier molecular flexibility index (Phi) is 5.97. The average Bonchev–Trinajstić information content (AvgIpc) is 1.89. The summed E-state index contributed by atoms with van der Waals surface area (Å²) in [5, 5.41) is 0. The van der Waals surface area contributed by atoms with Gasteiger partial charge in [0.2, 0.25) is 0 Å². The molecule has 0 aromatic heterocycles. The second kappa shape index (κ2) is 6.42. The molecular weight excluding hydrogens is 130 g/mol. The highest BCUT2D eigenvalue weighted by Gasteiger charge is 2.00. The molecule has 1 unspecified atom stereocenters. The van der Waals surface area contributed by atoms with Crippen molar-refractivity contribution in [2.45, 2.75) is 31.7 Å². The van der Waals surface area contributed by atoms with Crippen molar-refractivity contribution in [3.05, 3.63) is 0 Å². The topological polar surface area (TPSA) is 60.2 Å². The summed E-state index contributed by atoms with van der Waals surface area (Å²) < 4.78 is 0. The van der Waals surface area contributed by atoms with Crippen LogP contribution < -0.4 is 5.73 Å². The Morgan fingerprint density at radius 1 is 1.30 bits per heavy atom. The zero-order chi connectivity index (χ0) is 7.82. The molecule has 0 aliphatic rings. The molecule has 0 aliphatic carbocycles. The summed E-state index contributed by atoms with van der Waals surface area (Å²) in [7, 11) is 0. The van der Waals surface area contributed by atoms with E-state index in [4.69, 9.17) is 5.73 Å². The van der Waals surface area contributed by atoms with Gasteiger partial charge >= 0.3 is 0 Å². The summed E-state index contributed by atoms with van der Waals surface area (Å²) in [5.74, 6) is 0. The smallest absolute Gasteiger partial charge is 0.199 e. The molecule has 2 radical (unpaired) electrons. The van der Waals surface area contributed by atoms with Gasteiger partial charge in [0, 0.05) is 18.9 Å². The van der Waals surface area contributed by atoms with E-state index in [-0.39, 0.29) is 12.5 Å². The highest BCUT2D eigenvalue weighted by Crippen LogP contribution is 1.98. The molecular formula is C7H11NO2. The normalized spacial score (nSPS) is 12.5. The van der Waals surface area contributed by atoms with Gasteiger partial charge in [-0.2, -0.15) is 0 Å². The first kappa shape index (κ1) is 9.30. The summed E-state index contributed by atoms with van der Waals surface area (Å²) in [6, 6.07) is -0.133. The zero-order valence-electron chi connectivity index (χ0n) is 5.80. The largest absolute Gasteiger partial charge is 0.327 e. The van der Waals surface area contributed by atoms with Gasteiger partial charge in [0.05, 0.1) is 0 Å². The maximum absolute atomic E-state index is 9.77. The van der Waals surface area contributed by atoms with Crippen molar-refractivity contribution < 1.29 is 9.59 Å². The molecule has 56 valence electrons. The molecule has 1 atom stereocenters. The van der Waals surface area contributed by atoms with Gasteiger partial charge in [-0.1, -0.05) is 0 Å². The standard InChI is InChI=1S/C7H11NO2/c8-7(4-6-10)3-1-2-5-9/h7H,1-4,8H2. The summed E-state index contributed by atoms with van der Waals surface area (Å²) in [6.07, 6.45) is 5.57. The molecule has 0 saturated heterocycles. The van der Waals surface area contributed by atoms with Crippen molar-refractivity contribution in [1.29, 1.82) is 0 Å². The summed E-state index contributed by atoms with van der Waals surface area (Å²) in [5.41, 5.74) is 5.43. The molecule has 0 amide bonds. The minimum atomic E-state index is -0.133.